The van der Waals surface area contributed by atoms with E-state index in [2.05, 4.69) is 6.92 Å². The van der Waals surface area contributed by atoms with E-state index in [4.69, 9.17) is 0 Å². The molecular formula is C19H23O2-. The first-order valence-corrected chi connectivity index (χ1v) is 8.44. The minimum atomic E-state index is -1.04. The summed E-state index contributed by atoms with van der Waals surface area (Å²) in [4.78, 5) is 11.3. The minimum Gasteiger partial charge on any atom is -0.545 e. The number of hydrogen-bond donors (Lipinski definition) is 0. The molecule has 21 heavy (non-hydrogen) atoms. The molecule has 0 heterocycles. The van der Waals surface area contributed by atoms with Crippen molar-refractivity contribution in [3.8, 4) is 0 Å². The van der Waals surface area contributed by atoms with Gasteiger partial charge in [0.2, 0.25) is 0 Å². The number of aryl methyl sites for hydroxylation is 1. The van der Waals surface area contributed by atoms with E-state index in [0.717, 1.165) is 24.2 Å². The van der Waals surface area contributed by atoms with Crippen molar-refractivity contribution in [1.29, 1.82) is 0 Å². The van der Waals surface area contributed by atoms with Gasteiger partial charge in [-0.1, -0.05) is 19.1 Å². The van der Waals surface area contributed by atoms with Gasteiger partial charge in [0.25, 0.3) is 0 Å². The molecule has 0 atom stereocenters. The first-order chi connectivity index (χ1) is 10.1. The van der Waals surface area contributed by atoms with E-state index >= 15 is 0 Å². The number of aromatic carboxylic acids is 1. The summed E-state index contributed by atoms with van der Waals surface area (Å²) in [5.41, 5.74) is 3.32. The molecule has 0 unspecified atom stereocenters. The van der Waals surface area contributed by atoms with Crippen LogP contribution in [-0.4, -0.2) is 5.97 Å². The Kier molecular flexibility index (Phi) is 2.92. The molecule has 0 amide bonds. The number of carbonyl (C=O) groups excluding carboxylic acids is 1. The maximum atomic E-state index is 11.3. The van der Waals surface area contributed by atoms with Gasteiger partial charge in [0.15, 0.2) is 0 Å². The molecule has 4 aliphatic carbocycles. The number of carbonyl (C=O) groups is 1. The number of carboxylic acid groups (broad SMARTS) is 1. The van der Waals surface area contributed by atoms with Crippen LogP contribution in [0.3, 0.4) is 0 Å². The van der Waals surface area contributed by atoms with Gasteiger partial charge in [-0.2, -0.15) is 0 Å². The molecule has 2 nitrogen and oxygen atoms in total. The van der Waals surface area contributed by atoms with Crippen molar-refractivity contribution >= 4 is 5.97 Å². The van der Waals surface area contributed by atoms with E-state index in [-0.39, 0.29) is 5.41 Å². The van der Waals surface area contributed by atoms with Crippen LogP contribution in [-0.2, 0) is 11.8 Å². The van der Waals surface area contributed by atoms with Crippen LogP contribution < -0.4 is 5.11 Å². The summed E-state index contributed by atoms with van der Waals surface area (Å²) in [6, 6.07) is 5.69. The molecule has 4 aliphatic rings. The molecule has 4 saturated carbocycles. The molecule has 1 aromatic rings. The number of carboxylic acids is 1. The third-order valence-electron chi connectivity index (χ3n) is 6.34. The maximum Gasteiger partial charge on any atom is 0.0715 e. The molecule has 4 fully saturated rings. The summed E-state index contributed by atoms with van der Waals surface area (Å²) < 4.78 is 0. The molecular weight excluding hydrogens is 260 g/mol. The molecule has 1 aromatic carbocycles. The Morgan fingerprint density at radius 3 is 2.19 bits per heavy atom. The van der Waals surface area contributed by atoms with Gasteiger partial charge in [-0.25, -0.2) is 0 Å². The van der Waals surface area contributed by atoms with Crippen LogP contribution in [0.2, 0.25) is 0 Å². The molecule has 0 N–H and O–H groups in total. The summed E-state index contributed by atoms with van der Waals surface area (Å²) in [6.45, 7) is 2.18. The van der Waals surface area contributed by atoms with Crippen molar-refractivity contribution in [2.24, 2.45) is 17.8 Å². The van der Waals surface area contributed by atoms with Gasteiger partial charge in [0.05, 0.1) is 5.97 Å². The van der Waals surface area contributed by atoms with Crippen LogP contribution in [0, 0.1) is 17.8 Å². The monoisotopic (exact) mass is 283 g/mol. The van der Waals surface area contributed by atoms with Gasteiger partial charge in [-0.05, 0) is 90.9 Å². The smallest absolute Gasteiger partial charge is 0.0715 e. The highest BCUT2D eigenvalue weighted by atomic mass is 16.4. The van der Waals surface area contributed by atoms with Crippen LogP contribution in [0.5, 0.6) is 0 Å². The highest BCUT2D eigenvalue weighted by Gasteiger charge is 2.52. The Hall–Kier alpha value is -1.31. The van der Waals surface area contributed by atoms with Crippen molar-refractivity contribution in [2.75, 3.05) is 0 Å². The van der Waals surface area contributed by atoms with Crippen LogP contribution in [0.25, 0.3) is 0 Å². The number of rotatable bonds is 3. The Bertz CT molecular complexity index is 552. The molecule has 0 aliphatic heterocycles. The minimum absolute atomic E-state index is 0.269. The Balaban J connectivity index is 1.81. The molecule has 0 spiro atoms. The zero-order chi connectivity index (χ0) is 14.6. The normalized spacial score (nSPS) is 36.9. The van der Waals surface area contributed by atoms with E-state index in [9.17, 15) is 9.90 Å². The molecule has 0 aromatic heterocycles. The van der Waals surface area contributed by atoms with E-state index < -0.39 is 5.97 Å². The summed E-state index contributed by atoms with van der Waals surface area (Å²) in [5, 5.41) is 11.3. The van der Waals surface area contributed by atoms with Gasteiger partial charge in [0.1, 0.15) is 0 Å². The molecule has 0 radical (unpaired) electrons. The Labute approximate surface area is 126 Å². The van der Waals surface area contributed by atoms with Crippen molar-refractivity contribution in [3.63, 3.8) is 0 Å². The molecule has 2 heteroatoms. The standard InChI is InChI=1S/C19H24O2/c1-2-15-3-4-16(18(20)21)8-17(15)19-9-12-5-13(10-19)7-14(6-12)11-19/h3-4,8,12-14H,2,5-7,9-11H2,1H3,(H,20,21)/p-1. The Morgan fingerprint density at radius 2 is 1.71 bits per heavy atom. The van der Waals surface area contributed by atoms with E-state index in [1.54, 1.807) is 6.07 Å². The number of benzene rings is 1. The first kappa shape index (κ1) is 13.4. The average Bonchev–Trinajstić information content (AvgIpc) is 2.45. The second-order valence-electron chi connectivity index (χ2n) is 7.71. The topological polar surface area (TPSA) is 40.1 Å². The summed E-state index contributed by atoms with van der Waals surface area (Å²) >= 11 is 0. The average molecular weight is 283 g/mol. The van der Waals surface area contributed by atoms with E-state index in [1.165, 1.54) is 49.7 Å². The van der Waals surface area contributed by atoms with E-state index in [0.29, 0.717) is 5.56 Å². The third-order valence-corrected chi connectivity index (χ3v) is 6.34. The van der Waals surface area contributed by atoms with Crippen LogP contribution in [0.15, 0.2) is 18.2 Å². The zero-order valence-corrected chi connectivity index (χ0v) is 12.7. The number of hydrogen-bond acceptors (Lipinski definition) is 2. The maximum absolute atomic E-state index is 11.3. The van der Waals surface area contributed by atoms with Crippen LogP contribution in [0.4, 0.5) is 0 Å². The van der Waals surface area contributed by atoms with Crippen molar-refractivity contribution in [2.45, 2.75) is 57.3 Å². The largest absolute Gasteiger partial charge is 0.545 e. The van der Waals surface area contributed by atoms with Crippen molar-refractivity contribution in [3.05, 3.63) is 34.9 Å². The highest BCUT2D eigenvalue weighted by molar-refractivity contribution is 5.86. The Morgan fingerprint density at radius 1 is 1.14 bits per heavy atom. The molecule has 112 valence electrons. The van der Waals surface area contributed by atoms with Gasteiger partial charge < -0.3 is 9.90 Å². The lowest BCUT2D eigenvalue weighted by molar-refractivity contribution is -0.255. The quantitative estimate of drug-likeness (QED) is 0.855. The lowest BCUT2D eigenvalue weighted by atomic mass is 9.47. The zero-order valence-electron chi connectivity index (χ0n) is 12.7. The fourth-order valence-corrected chi connectivity index (χ4v) is 5.95. The second-order valence-corrected chi connectivity index (χ2v) is 7.71. The lowest BCUT2D eigenvalue weighted by Gasteiger charge is -2.57. The van der Waals surface area contributed by atoms with Crippen molar-refractivity contribution < 1.29 is 9.90 Å². The first-order valence-electron chi connectivity index (χ1n) is 8.44. The predicted molar refractivity (Wildman–Crippen MR) is 80.0 cm³/mol. The summed E-state index contributed by atoms with van der Waals surface area (Å²) in [5.74, 6) is 1.61. The fourth-order valence-electron chi connectivity index (χ4n) is 5.95. The lowest BCUT2D eigenvalue weighted by Crippen LogP contribution is -2.49. The van der Waals surface area contributed by atoms with Gasteiger partial charge >= 0.3 is 0 Å². The fraction of sp³-hybridized carbons (Fsp3) is 0.632. The van der Waals surface area contributed by atoms with Gasteiger partial charge in [-0.15, -0.1) is 0 Å². The second kappa shape index (κ2) is 4.59. The van der Waals surface area contributed by atoms with Crippen LogP contribution >= 0.6 is 0 Å². The summed E-state index contributed by atoms with van der Waals surface area (Å²) in [7, 11) is 0. The van der Waals surface area contributed by atoms with Gasteiger partial charge in [0, 0.05) is 0 Å². The van der Waals surface area contributed by atoms with Crippen molar-refractivity contribution in [1.82, 2.24) is 0 Å². The van der Waals surface area contributed by atoms with Gasteiger partial charge in [-0.3, -0.25) is 0 Å². The van der Waals surface area contributed by atoms with E-state index in [1.807, 2.05) is 12.1 Å². The van der Waals surface area contributed by atoms with Crippen LogP contribution in [0.1, 0.15) is 66.9 Å². The summed E-state index contributed by atoms with van der Waals surface area (Å²) in [6.07, 6.45) is 9.08. The molecule has 5 rings (SSSR count). The third kappa shape index (κ3) is 2.03. The molecule has 4 bridgehead atoms. The SMILES string of the molecule is CCc1ccc(C(=O)[O-])cc1C12CC3CC(CC(C3)C1)C2. The highest BCUT2D eigenvalue weighted by Crippen LogP contribution is 2.61. The predicted octanol–water partition coefficient (Wildman–Crippen LogP) is 3.08. The molecule has 0 saturated heterocycles.